The van der Waals surface area contributed by atoms with E-state index in [9.17, 15) is 9.00 Å². The van der Waals surface area contributed by atoms with Gasteiger partial charge in [-0.1, -0.05) is 0 Å². The first kappa shape index (κ1) is 12.0. The molecule has 1 saturated carbocycles. The lowest BCUT2D eigenvalue weighted by molar-refractivity contribution is -0.121. The third-order valence-corrected chi connectivity index (χ3v) is 4.50. The molecular formula is C11H20N2O2S. The van der Waals surface area contributed by atoms with Crippen LogP contribution in [-0.4, -0.2) is 40.3 Å². The molecule has 16 heavy (non-hydrogen) atoms. The summed E-state index contributed by atoms with van der Waals surface area (Å²) < 4.78 is 11.1. The Morgan fingerprint density at radius 2 is 1.81 bits per heavy atom. The van der Waals surface area contributed by atoms with E-state index < -0.39 is 10.8 Å². The molecule has 2 aliphatic rings. The van der Waals surface area contributed by atoms with Crippen LogP contribution in [0.4, 0.5) is 0 Å². The molecule has 0 radical (unpaired) electrons. The molecule has 0 atom stereocenters. The molecule has 1 aliphatic heterocycles. The Balaban J connectivity index is 1.56. The number of hydrogen-bond donors (Lipinski definition) is 2. The van der Waals surface area contributed by atoms with Crippen LogP contribution in [0.2, 0.25) is 0 Å². The zero-order valence-corrected chi connectivity index (χ0v) is 10.4. The molecule has 0 aromatic heterocycles. The van der Waals surface area contributed by atoms with E-state index >= 15 is 0 Å². The summed E-state index contributed by atoms with van der Waals surface area (Å²) in [5, 5.41) is 6.34. The predicted octanol–water partition coefficient (Wildman–Crippen LogP) is 0.156. The van der Waals surface area contributed by atoms with E-state index in [2.05, 4.69) is 10.6 Å². The molecule has 92 valence electrons. The zero-order chi connectivity index (χ0) is 11.4. The van der Waals surface area contributed by atoms with Crippen molar-refractivity contribution in [2.75, 3.05) is 18.1 Å². The van der Waals surface area contributed by atoms with E-state index in [0.717, 1.165) is 30.9 Å². The van der Waals surface area contributed by atoms with Crippen LogP contribution < -0.4 is 10.6 Å². The number of carbonyl (C=O) groups is 1. The van der Waals surface area contributed by atoms with E-state index in [1.54, 1.807) is 0 Å². The molecule has 0 aromatic carbocycles. The summed E-state index contributed by atoms with van der Waals surface area (Å²) >= 11 is 0. The van der Waals surface area contributed by atoms with Crippen molar-refractivity contribution in [3.8, 4) is 0 Å². The number of nitrogens with one attached hydrogen (secondary N) is 2. The molecule has 4 nitrogen and oxygen atoms in total. The largest absolute Gasteiger partial charge is 0.353 e. The van der Waals surface area contributed by atoms with E-state index in [1.165, 1.54) is 12.8 Å². The molecule has 5 heteroatoms. The first-order valence-corrected chi connectivity index (χ1v) is 7.60. The Morgan fingerprint density at radius 3 is 2.44 bits per heavy atom. The maximum atomic E-state index is 11.6. The number of amides is 1. The van der Waals surface area contributed by atoms with Crippen LogP contribution in [0.15, 0.2) is 0 Å². The minimum Gasteiger partial charge on any atom is -0.353 e. The fourth-order valence-corrected chi connectivity index (χ4v) is 3.21. The van der Waals surface area contributed by atoms with Crippen molar-refractivity contribution in [1.29, 1.82) is 0 Å². The highest BCUT2D eigenvalue weighted by Crippen LogP contribution is 2.18. The van der Waals surface area contributed by atoms with Crippen LogP contribution in [0.5, 0.6) is 0 Å². The Morgan fingerprint density at radius 1 is 1.12 bits per heavy atom. The predicted molar refractivity (Wildman–Crippen MR) is 64.7 cm³/mol. The second-order valence-corrected chi connectivity index (χ2v) is 6.36. The monoisotopic (exact) mass is 244 g/mol. The molecule has 2 N–H and O–H groups in total. The molecule has 0 aromatic rings. The smallest absolute Gasteiger partial charge is 0.221 e. The van der Waals surface area contributed by atoms with Crippen LogP contribution >= 0.6 is 0 Å². The maximum absolute atomic E-state index is 11.6. The average Bonchev–Trinajstić information content (AvgIpc) is 3.05. The van der Waals surface area contributed by atoms with Gasteiger partial charge in [-0.15, -0.1) is 0 Å². The van der Waals surface area contributed by atoms with Crippen molar-refractivity contribution in [2.24, 2.45) is 0 Å². The first-order chi connectivity index (χ1) is 7.74. The second kappa shape index (κ2) is 5.77. The fourth-order valence-electron chi connectivity index (χ4n) is 1.92. The normalized spacial score (nSPS) is 30.0. The molecule has 1 saturated heterocycles. The van der Waals surface area contributed by atoms with Crippen LogP contribution in [0.3, 0.4) is 0 Å². The van der Waals surface area contributed by atoms with Gasteiger partial charge in [0, 0.05) is 47.4 Å². The lowest BCUT2D eigenvalue weighted by atomic mass is 10.1. The summed E-state index contributed by atoms with van der Waals surface area (Å²) in [7, 11) is -0.643. The van der Waals surface area contributed by atoms with Gasteiger partial charge in [0.05, 0.1) is 0 Å². The minimum atomic E-state index is -0.643. The second-order valence-electron chi connectivity index (χ2n) is 4.67. The summed E-state index contributed by atoms with van der Waals surface area (Å²) in [5.41, 5.74) is 0. The quantitative estimate of drug-likeness (QED) is 0.724. The van der Waals surface area contributed by atoms with Gasteiger partial charge in [0.1, 0.15) is 0 Å². The third-order valence-electron chi connectivity index (χ3n) is 3.12. The highest BCUT2D eigenvalue weighted by atomic mass is 32.2. The first-order valence-electron chi connectivity index (χ1n) is 6.12. The summed E-state index contributed by atoms with van der Waals surface area (Å²) in [6.07, 6.45) is 4.82. The highest BCUT2D eigenvalue weighted by Gasteiger charge is 2.21. The van der Waals surface area contributed by atoms with Gasteiger partial charge in [0.15, 0.2) is 0 Å². The summed E-state index contributed by atoms with van der Waals surface area (Å²) in [6.45, 7) is 0.787. The standard InChI is InChI=1S/C11H20N2O2S/c14-11(3-6-12-9-1-2-9)13-10-4-7-16(15)8-5-10/h9-10,12H,1-8H2,(H,13,14). The minimum absolute atomic E-state index is 0.130. The molecule has 1 heterocycles. The Hall–Kier alpha value is -0.420. The summed E-state index contributed by atoms with van der Waals surface area (Å²) in [6, 6.07) is 0.927. The lowest BCUT2D eigenvalue weighted by Crippen LogP contribution is -2.40. The van der Waals surface area contributed by atoms with E-state index in [-0.39, 0.29) is 11.9 Å². The molecule has 0 spiro atoms. The number of rotatable bonds is 5. The molecule has 0 bridgehead atoms. The van der Waals surface area contributed by atoms with Gasteiger partial charge in [-0.05, 0) is 25.7 Å². The zero-order valence-electron chi connectivity index (χ0n) is 9.54. The van der Waals surface area contributed by atoms with Crippen molar-refractivity contribution in [3.63, 3.8) is 0 Å². The molecule has 1 aliphatic carbocycles. The van der Waals surface area contributed by atoms with Crippen LogP contribution in [0.25, 0.3) is 0 Å². The van der Waals surface area contributed by atoms with E-state index in [4.69, 9.17) is 0 Å². The Bertz CT molecular complexity index is 269. The van der Waals surface area contributed by atoms with Gasteiger partial charge in [-0.25, -0.2) is 0 Å². The number of hydrogen-bond acceptors (Lipinski definition) is 3. The van der Waals surface area contributed by atoms with E-state index in [0.29, 0.717) is 12.5 Å². The maximum Gasteiger partial charge on any atom is 0.221 e. The van der Waals surface area contributed by atoms with Crippen LogP contribution in [0, 0.1) is 0 Å². The van der Waals surface area contributed by atoms with Crippen molar-refractivity contribution in [1.82, 2.24) is 10.6 Å². The summed E-state index contributed by atoms with van der Waals surface area (Å²) in [4.78, 5) is 11.6. The SMILES string of the molecule is O=C(CCNC1CC1)NC1CCS(=O)CC1. The topological polar surface area (TPSA) is 58.2 Å². The van der Waals surface area contributed by atoms with Gasteiger partial charge in [-0.3, -0.25) is 9.00 Å². The molecule has 0 unspecified atom stereocenters. The molecular weight excluding hydrogens is 224 g/mol. The van der Waals surface area contributed by atoms with Crippen molar-refractivity contribution in [2.45, 2.75) is 44.2 Å². The molecule has 2 fully saturated rings. The fraction of sp³-hybridized carbons (Fsp3) is 0.909. The van der Waals surface area contributed by atoms with Gasteiger partial charge in [0.25, 0.3) is 0 Å². The molecule has 2 rings (SSSR count). The van der Waals surface area contributed by atoms with E-state index in [1.807, 2.05) is 0 Å². The molecule has 1 amide bonds. The Labute approximate surface area is 99.0 Å². The van der Waals surface area contributed by atoms with Gasteiger partial charge in [0.2, 0.25) is 5.91 Å². The Kier molecular flexibility index (Phi) is 4.35. The van der Waals surface area contributed by atoms with Gasteiger partial charge < -0.3 is 10.6 Å². The van der Waals surface area contributed by atoms with Crippen LogP contribution in [-0.2, 0) is 15.6 Å². The average molecular weight is 244 g/mol. The van der Waals surface area contributed by atoms with Crippen molar-refractivity contribution < 1.29 is 9.00 Å². The van der Waals surface area contributed by atoms with Gasteiger partial charge in [-0.2, -0.15) is 0 Å². The number of carbonyl (C=O) groups excluding carboxylic acids is 1. The van der Waals surface area contributed by atoms with Crippen molar-refractivity contribution in [3.05, 3.63) is 0 Å². The summed E-state index contributed by atoms with van der Waals surface area (Å²) in [5.74, 6) is 1.61. The highest BCUT2D eigenvalue weighted by molar-refractivity contribution is 7.85. The lowest BCUT2D eigenvalue weighted by Gasteiger charge is -2.22. The van der Waals surface area contributed by atoms with Gasteiger partial charge >= 0.3 is 0 Å². The van der Waals surface area contributed by atoms with Crippen molar-refractivity contribution >= 4 is 16.7 Å². The van der Waals surface area contributed by atoms with Crippen LogP contribution in [0.1, 0.15) is 32.1 Å². The third kappa shape index (κ3) is 4.22.